The van der Waals surface area contributed by atoms with Crippen LogP contribution >= 0.6 is 0 Å². The molecule has 8 heteroatoms. The third-order valence-corrected chi connectivity index (χ3v) is 3.20. The summed E-state index contributed by atoms with van der Waals surface area (Å²) in [7, 11) is 1.15. The fourth-order valence-corrected chi connectivity index (χ4v) is 2.19. The lowest BCUT2D eigenvalue weighted by Gasteiger charge is -2.11. The van der Waals surface area contributed by atoms with Crippen LogP contribution in [0.3, 0.4) is 0 Å². The van der Waals surface area contributed by atoms with E-state index in [2.05, 4.69) is 19.8 Å². The maximum atomic E-state index is 12.5. The second-order valence-electron chi connectivity index (χ2n) is 4.49. The Labute approximate surface area is 129 Å². The highest BCUT2D eigenvalue weighted by atomic mass is 16.5. The molecule has 1 aromatic carbocycles. The van der Waals surface area contributed by atoms with Gasteiger partial charge in [-0.2, -0.15) is 10.4 Å². The highest BCUT2D eigenvalue weighted by Gasteiger charge is 2.20. The van der Waals surface area contributed by atoms with Crippen LogP contribution in [0.4, 0.5) is 0 Å². The first-order chi connectivity index (χ1) is 11.2. The van der Waals surface area contributed by atoms with E-state index in [1.54, 1.807) is 12.1 Å². The Hall–Kier alpha value is -3.60. The Kier molecular flexibility index (Phi) is 3.52. The van der Waals surface area contributed by atoms with Crippen molar-refractivity contribution in [2.75, 3.05) is 7.11 Å². The number of nitriles is 1. The maximum absolute atomic E-state index is 12.5. The van der Waals surface area contributed by atoms with Gasteiger partial charge in [-0.05, 0) is 12.1 Å². The number of nitrogens with zero attached hydrogens (tertiary/aromatic N) is 5. The average molecular weight is 307 g/mol. The van der Waals surface area contributed by atoms with Gasteiger partial charge >= 0.3 is 5.97 Å². The van der Waals surface area contributed by atoms with E-state index >= 15 is 0 Å². The van der Waals surface area contributed by atoms with Gasteiger partial charge in [0.25, 0.3) is 0 Å². The molecule has 0 saturated carbocycles. The van der Waals surface area contributed by atoms with Crippen LogP contribution in [0.15, 0.2) is 41.7 Å². The van der Waals surface area contributed by atoms with Gasteiger partial charge in [0.1, 0.15) is 12.0 Å². The molecule has 0 aliphatic rings. The summed E-state index contributed by atoms with van der Waals surface area (Å²) in [6.07, 6.45) is 4.30. The van der Waals surface area contributed by atoms with Crippen molar-refractivity contribution in [3.63, 3.8) is 0 Å². The van der Waals surface area contributed by atoms with E-state index in [9.17, 15) is 14.9 Å². The molecule has 0 amide bonds. The van der Waals surface area contributed by atoms with Gasteiger partial charge in [0.15, 0.2) is 0 Å². The number of carbonyl (C=O) groups is 1. The zero-order chi connectivity index (χ0) is 16.4. The van der Waals surface area contributed by atoms with Crippen molar-refractivity contribution >= 4 is 16.9 Å². The summed E-state index contributed by atoms with van der Waals surface area (Å²) in [5, 5.41) is 13.4. The largest absolute Gasteiger partial charge is 0.464 e. The second kappa shape index (κ2) is 5.65. The van der Waals surface area contributed by atoms with Gasteiger partial charge in [0, 0.05) is 0 Å². The summed E-state index contributed by atoms with van der Waals surface area (Å²) in [5.41, 5.74) is -0.108. The molecule has 0 radical (unpaired) electrons. The first kappa shape index (κ1) is 14.3. The predicted octanol–water partition coefficient (Wildman–Crippen LogP) is 0.834. The molecule has 0 fully saturated rings. The Morgan fingerprint density at radius 3 is 2.70 bits per heavy atom. The highest BCUT2D eigenvalue weighted by Crippen LogP contribution is 2.18. The van der Waals surface area contributed by atoms with Crippen molar-refractivity contribution in [2.24, 2.45) is 0 Å². The number of rotatable bonds is 2. The monoisotopic (exact) mass is 307 g/mol. The molecule has 8 nitrogen and oxygen atoms in total. The molecule has 0 aliphatic heterocycles. The maximum Gasteiger partial charge on any atom is 0.362 e. The summed E-state index contributed by atoms with van der Waals surface area (Å²) in [6.45, 7) is 0. The SMILES string of the molecule is COC(=O)c1nn(-c2cncnc2)c2cccc(C#N)c2c1=O. The van der Waals surface area contributed by atoms with Crippen LogP contribution in [0, 0.1) is 11.3 Å². The molecule has 2 heterocycles. The molecule has 0 spiro atoms. The van der Waals surface area contributed by atoms with Crippen molar-refractivity contribution in [2.45, 2.75) is 0 Å². The third kappa shape index (κ3) is 2.30. The highest BCUT2D eigenvalue weighted by molar-refractivity contribution is 5.94. The lowest BCUT2D eigenvalue weighted by atomic mass is 10.1. The van der Waals surface area contributed by atoms with Gasteiger partial charge in [-0.1, -0.05) is 6.07 Å². The molecule has 0 N–H and O–H groups in total. The smallest absolute Gasteiger partial charge is 0.362 e. The molecule has 23 heavy (non-hydrogen) atoms. The van der Waals surface area contributed by atoms with Crippen LogP contribution in [-0.4, -0.2) is 32.8 Å². The van der Waals surface area contributed by atoms with Gasteiger partial charge < -0.3 is 4.74 Å². The molecule has 2 aromatic heterocycles. The average Bonchev–Trinajstić information content (AvgIpc) is 2.61. The lowest BCUT2D eigenvalue weighted by Crippen LogP contribution is -2.24. The van der Waals surface area contributed by atoms with E-state index in [1.165, 1.54) is 29.5 Å². The van der Waals surface area contributed by atoms with E-state index in [-0.39, 0.29) is 10.9 Å². The third-order valence-electron chi connectivity index (χ3n) is 3.20. The minimum Gasteiger partial charge on any atom is -0.464 e. The number of esters is 1. The number of benzene rings is 1. The van der Waals surface area contributed by atoms with E-state index < -0.39 is 17.1 Å². The van der Waals surface area contributed by atoms with Gasteiger partial charge in [-0.25, -0.2) is 19.4 Å². The van der Waals surface area contributed by atoms with Crippen LogP contribution in [-0.2, 0) is 4.74 Å². The Bertz CT molecular complexity index is 1010. The first-order valence-corrected chi connectivity index (χ1v) is 6.47. The van der Waals surface area contributed by atoms with Crippen LogP contribution in [0.2, 0.25) is 0 Å². The Morgan fingerprint density at radius 2 is 2.04 bits per heavy atom. The summed E-state index contributed by atoms with van der Waals surface area (Å²) >= 11 is 0. The summed E-state index contributed by atoms with van der Waals surface area (Å²) < 4.78 is 5.94. The van der Waals surface area contributed by atoms with Crippen molar-refractivity contribution in [1.29, 1.82) is 5.26 Å². The molecule has 3 rings (SSSR count). The van der Waals surface area contributed by atoms with Gasteiger partial charge in [0.2, 0.25) is 11.1 Å². The summed E-state index contributed by atoms with van der Waals surface area (Å²) in [4.78, 5) is 32.2. The number of hydrogen-bond donors (Lipinski definition) is 0. The number of fused-ring (bicyclic) bond motifs is 1. The minimum absolute atomic E-state index is 0.0919. The fraction of sp³-hybridized carbons (Fsp3) is 0.0667. The van der Waals surface area contributed by atoms with E-state index in [4.69, 9.17) is 0 Å². The Balaban J connectivity index is 2.50. The van der Waals surface area contributed by atoms with Gasteiger partial charge in [0.05, 0.1) is 42.0 Å². The Morgan fingerprint density at radius 1 is 1.30 bits per heavy atom. The van der Waals surface area contributed by atoms with Crippen molar-refractivity contribution in [3.05, 3.63) is 58.4 Å². The van der Waals surface area contributed by atoms with Crippen LogP contribution in [0.5, 0.6) is 0 Å². The number of carbonyl (C=O) groups excluding carboxylic acids is 1. The van der Waals surface area contributed by atoms with Gasteiger partial charge in [-0.3, -0.25) is 4.79 Å². The van der Waals surface area contributed by atoms with Crippen LogP contribution < -0.4 is 5.43 Å². The summed E-state index contributed by atoms with van der Waals surface area (Å²) in [6, 6.07) is 6.69. The fourth-order valence-electron chi connectivity index (χ4n) is 2.19. The number of methoxy groups -OCH3 is 1. The van der Waals surface area contributed by atoms with Crippen molar-refractivity contribution < 1.29 is 9.53 Å². The quantitative estimate of drug-likeness (QED) is 0.645. The normalized spacial score (nSPS) is 10.3. The minimum atomic E-state index is -0.879. The van der Waals surface area contributed by atoms with E-state index in [0.29, 0.717) is 11.2 Å². The standard InChI is InChI=1S/C15H9N5O3/c1-23-15(22)13-14(21)12-9(5-16)3-2-4-11(12)20(19-13)10-6-17-8-18-7-10/h2-4,6-8H,1H3. The van der Waals surface area contributed by atoms with Crippen molar-refractivity contribution in [3.8, 4) is 11.8 Å². The molecule has 112 valence electrons. The second-order valence-corrected chi connectivity index (χ2v) is 4.49. The molecular formula is C15H9N5O3. The molecule has 0 saturated heterocycles. The van der Waals surface area contributed by atoms with Crippen LogP contribution in [0.1, 0.15) is 16.1 Å². The molecular weight excluding hydrogens is 298 g/mol. The van der Waals surface area contributed by atoms with Gasteiger partial charge in [-0.15, -0.1) is 0 Å². The number of ether oxygens (including phenoxy) is 1. The van der Waals surface area contributed by atoms with Crippen LogP contribution in [0.25, 0.3) is 16.6 Å². The topological polar surface area (TPSA) is 111 Å². The molecule has 3 aromatic rings. The lowest BCUT2D eigenvalue weighted by molar-refractivity contribution is 0.0590. The van der Waals surface area contributed by atoms with Crippen molar-refractivity contribution in [1.82, 2.24) is 19.7 Å². The summed E-state index contributed by atoms with van der Waals surface area (Å²) in [5.74, 6) is -0.879. The molecule has 0 bridgehead atoms. The molecule has 0 aliphatic carbocycles. The number of aromatic nitrogens is 4. The van der Waals surface area contributed by atoms with E-state index in [1.807, 2.05) is 6.07 Å². The molecule has 0 unspecified atom stereocenters. The zero-order valence-electron chi connectivity index (χ0n) is 11.9. The zero-order valence-corrected chi connectivity index (χ0v) is 11.9. The predicted molar refractivity (Wildman–Crippen MR) is 79.0 cm³/mol. The first-order valence-electron chi connectivity index (χ1n) is 6.47. The van der Waals surface area contributed by atoms with E-state index in [0.717, 1.165) is 7.11 Å². The molecule has 0 atom stereocenters. The number of hydrogen-bond acceptors (Lipinski definition) is 7.